The van der Waals surface area contributed by atoms with E-state index in [-0.39, 0.29) is 12.1 Å². The molecule has 5 nitrogen and oxygen atoms in total. The second kappa shape index (κ2) is 10.5. The zero-order valence-corrected chi connectivity index (χ0v) is 21.1. The molecule has 0 bridgehead atoms. The van der Waals surface area contributed by atoms with Gasteiger partial charge in [-0.05, 0) is 85.7 Å². The van der Waals surface area contributed by atoms with Crippen LogP contribution in [0.2, 0.25) is 5.02 Å². The summed E-state index contributed by atoms with van der Waals surface area (Å²) in [6.07, 6.45) is 4.89. The molecule has 2 aromatic carbocycles. The minimum Gasteiger partial charge on any atom is -0.385 e. The Kier molecular flexibility index (Phi) is 7.02. The molecule has 2 N–H and O–H groups in total. The van der Waals surface area contributed by atoms with E-state index in [2.05, 4.69) is 73.7 Å². The van der Waals surface area contributed by atoms with Crippen LogP contribution < -0.4 is 10.6 Å². The molecule has 0 saturated carbocycles. The molecule has 4 aromatic rings. The lowest BCUT2D eigenvalue weighted by molar-refractivity contribution is 0.307. The molecular formula is C28H28ClN5S. The van der Waals surface area contributed by atoms with E-state index in [4.69, 9.17) is 23.8 Å². The molecule has 0 amide bonds. The lowest BCUT2D eigenvalue weighted by Crippen LogP contribution is -2.32. The summed E-state index contributed by atoms with van der Waals surface area (Å²) in [5.41, 5.74) is 5.39. The summed E-state index contributed by atoms with van der Waals surface area (Å²) in [5.74, 6) is 0. The van der Waals surface area contributed by atoms with Crippen LogP contribution in [0, 0.1) is 6.92 Å². The smallest absolute Gasteiger partial charge is 0.170 e. The van der Waals surface area contributed by atoms with Crippen LogP contribution in [0.5, 0.6) is 0 Å². The second-order valence-electron chi connectivity index (χ2n) is 8.70. The van der Waals surface area contributed by atoms with Gasteiger partial charge in [-0.25, -0.2) is 0 Å². The van der Waals surface area contributed by atoms with Gasteiger partial charge in [0.1, 0.15) is 0 Å². The zero-order chi connectivity index (χ0) is 24.2. The monoisotopic (exact) mass is 501 g/mol. The van der Waals surface area contributed by atoms with E-state index in [0.29, 0.717) is 0 Å². The van der Waals surface area contributed by atoms with Crippen molar-refractivity contribution in [2.24, 2.45) is 0 Å². The Hall–Kier alpha value is -3.35. The SMILES string of the molecule is Cc1cc(-n2cccc2[C@@H]2[C@@H](c3ccccn3)NC(=S)N2CCCNc2ccccc2)ccc1Cl. The third-order valence-electron chi connectivity index (χ3n) is 6.38. The standard InChI is InChI=1S/C28H28ClN5S/c1-20-19-22(13-14-23(20)29)33-17-7-12-25(33)27-26(24-11-5-6-15-31-24)32-28(35)34(27)18-8-16-30-21-9-3-2-4-10-21/h2-7,9-15,17,19,26-27,30H,8,16,18H2,1H3,(H,32,35)/t26-,27-/m1/s1. The molecule has 178 valence electrons. The Bertz CT molecular complexity index is 1290. The first kappa shape index (κ1) is 23.4. The van der Waals surface area contributed by atoms with Crippen LogP contribution in [-0.2, 0) is 0 Å². The summed E-state index contributed by atoms with van der Waals surface area (Å²) < 4.78 is 2.23. The molecule has 35 heavy (non-hydrogen) atoms. The lowest BCUT2D eigenvalue weighted by atomic mass is 10.0. The lowest BCUT2D eigenvalue weighted by Gasteiger charge is -2.29. The number of anilines is 1. The average Bonchev–Trinajstić information content (AvgIpc) is 3.49. The fraction of sp³-hybridized carbons (Fsp3) is 0.214. The van der Waals surface area contributed by atoms with Gasteiger partial charge < -0.3 is 20.1 Å². The molecule has 0 unspecified atom stereocenters. The summed E-state index contributed by atoms with van der Waals surface area (Å²) in [6, 6.07) is 26.7. The van der Waals surface area contributed by atoms with Crippen LogP contribution in [0.1, 0.15) is 35.5 Å². The number of benzene rings is 2. The number of nitrogens with zero attached hydrogens (tertiary/aromatic N) is 3. The van der Waals surface area contributed by atoms with Crippen molar-refractivity contribution < 1.29 is 0 Å². The molecule has 2 atom stereocenters. The molecular weight excluding hydrogens is 474 g/mol. The molecule has 7 heteroatoms. The van der Waals surface area contributed by atoms with E-state index in [1.807, 2.05) is 49.5 Å². The maximum absolute atomic E-state index is 6.31. The number of aryl methyl sites for hydroxylation is 1. The van der Waals surface area contributed by atoms with Gasteiger partial charge in [-0.1, -0.05) is 35.9 Å². The third kappa shape index (κ3) is 5.04. The van der Waals surface area contributed by atoms with Gasteiger partial charge in [0, 0.05) is 47.6 Å². The van der Waals surface area contributed by atoms with Crippen molar-refractivity contribution in [3.63, 3.8) is 0 Å². The van der Waals surface area contributed by atoms with Crippen LogP contribution >= 0.6 is 23.8 Å². The van der Waals surface area contributed by atoms with Crippen molar-refractivity contribution in [2.75, 3.05) is 18.4 Å². The molecule has 1 fully saturated rings. The van der Waals surface area contributed by atoms with Gasteiger partial charge in [0.05, 0.1) is 17.8 Å². The summed E-state index contributed by atoms with van der Waals surface area (Å²) in [6.45, 7) is 3.72. The number of halogens is 1. The molecule has 5 rings (SSSR count). The Balaban J connectivity index is 1.44. The number of nitrogens with one attached hydrogen (secondary N) is 2. The summed E-state index contributed by atoms with van der Waals surface area (Å²) in [5, 5.41) is 8.58. The van der Waals surface area contributed by atoms with E-state index in [0.717, 1.165) is 58.0 Å². The van der Waals surface area contributed by atoms with E-state index in [1.54, 1.807) is 0 Å². The summed E-state index contributed by atoms with van der Waals surface area (Å²) in [7, 11) is 0. The summed E-state index contributed by atoms with van der Waals surface area (Å²) in [4.78, 5) is 6.97. The zero-order valence-electron chi connectivity index (χ0n) is 19.6. The van der Waals surface area contributed by atoms with Crippen LogP contribution in [0.3, 0.4) is 0 Å². The highest BCUT2D eigenvalue weighted by molar-refractivity contribution is 7.80. The van der Waals surface area contributed by atoms with E-state index >= 15 is 0 Å². The Labute approximate surface area is 216 Å². The van der Waals surface area contributed by atoms with Crippen molar-refractivity contribution >= 4 is 34.6 Å². The fourth-order valence-corrected chi connectivity index (χ4v) is 5.10. The molecule has 0 spiro atoms. The maximum Gasteiger partial charge on any atom is 0.170 e. The van der Waals surface area contributed by atoms with Crippen LogP contribution in [0.15, 0.2) is 91.3 Å². The molecule has 0 radical (unpaired) electrons. The van der Waals surface area contributed by atoms with Crippen LogP contribution in [0.4, 0.5) is 5.69 Å². The van der Waals surface area contributed by atoms with E-state index in [9.17, 15) is 0 Å². The topological polar surface area (TPSA) is 45.1 Å². The molecule has 1 aliphatic heterocycles. The minimum atomic E-state index is -0.0483. The first-order valence-corrected chi connectivity index (χ1v) is 12.6. The predicted molar refractivity (Wildman–Crippen MR) is 147 cm³/mol. The van der Waals surface area contributed by atoms with Crippen LogP contribution in [0.25, 0.3) is 5.69 Å². The average molecular weight is 502 g/mol. The molecule has 2 aromatic heterocycles. The van der Waals surface area contributed by atoms with Crippen molar-refractivity contribution in [2.45, 2.75) is 25.4 Å². The van der Waals surface area contributed by atoms with Gasteiger partial charge in [-0.15, -0.1) is 0 Å². The minimum absolute atomic E-state index is 0.000101. The fourth-order valence-electron chi connectivity index (χ4n) is 4.65. The Morgan fingerprint density at radius 3 is 2.63 bits per heavy atom. The van der Waals surface area contributed by atoms with E-state index < -0.39 is 0 Å². The van der Waals surface area contributed by atoms with Crippen molar-refractivity contribution in [3.05, 3.63) is 113 Å². The number of para-hydroxylation sites is 1. The predicted octanol–water partition coefficient (Wildman–Crippen LogP) is 6.31. The normalized spacial score (nSPS) is 17.4. The molecule has 1 aliphatic rings. The Morgan fingerprint density at radius 1 is 1.03 bits per heavy atom. The quantitative estimate of drug-likeness (QED) is 0.219. The molecule has 1 saturated heterocycles. The Morgan fingerprint density at radius 2 is 1.86 bits per heavy atom. The van der Waals surface area contributed by atoms with Gasteiger partial charge in [0.15, 0.2) is 5.11 Å². The summed E-state index contributed by atoms with van der Waals surface area (Å²) >= 11 is 12.2. The highest BCUT2D eigenvalue weighted by atomic mass is 35.5. The number of aromatic nitrogens is 2. The number of rotatable bonds is 8. The number of thiocarbonyl (C=S) groups is 1. The molecule has 0 aliphatic carbocycles. The van der Waals surface area contributed by atoms with Crippen molar-refractivity contribution in [1.82, 2.24) is 19.8 Å². The number of hydrogen-bond acceptors (Lipinski definition) is 3. The van der Waals surface area contributed by atoms with Gasteiger partial charge in [0.25, 0.3) is 0 Å². The second-order valence-corrected chi connectivity index (χ2v) is 9.50. The van der Waals surface area contributed by atoms with Gasteiger partial charge >= 0.3 is 0 Å². The van der Waals surface area contributed by atoms with Crippen LogP contribution in [-0.4, -0.2) is 32.7 Å². The molecule has 3 heterocycles. The van der Waals surface area contributed by atoms with Gasteiger partial charge in [0.2, 0.25) is 0 Å². The maximum atomic E-state index is 6.31. The largest absolute Gasteiger partial charge is 0.385 e. The first-order chi connectivity index (χ1) is 17.1. The highest BCUT2D eigenvalue weighted by Gasteiger charge is 2.40. The van der Waals surface area contributed by atoms with E-state index in [1.165, 1.54) is 0 Å². The van der Waals surface area contributed by atoms with Gasteiger partial charge in [-0.2, -0.15) is 0 Å². The third-order valence-corrected chi connectivity index (χ3v) is 7.16. The number of pyridine rings is 1. The van der Waals surface area contributed by atoms with Gasteiger partial charge in [-0.3, -0.25) is 4.98 Å². The first-order valence-electron chi connectivity index (χ1n) is 11.8. The van der Waals surface area contributed by atoms with Crippen molar-refractivity contribution in [3.8, 4) is 5.69 Å². The van der Waals surface area contributed by atoms with Crippen molar-refractivity contribution in [1.29, 1.82) is 0 Å². The number of hydrogen-bond donors (Lipinski definition) is 2. The highest BCUT2D eigenvalue weighted by Crippen LogP contribution is 2.39.